The molecule has 0 aromatic carbocycles. The average Bonchev–Trinajstić information content (AvgIpc) is 2.71. The predicted octanol–water partition coefficient (Wildman–Crippen LogP) is -2.46. The Hall–Kier alpha value is -2.16. The molecule has 2 atom stereocenters. The van der Waals surface area contributed by atoms with Crippen molar-refractivity contribution in [3.8, 4) is 0 Å². The lowest BCUT2D eigenvalue weighted by molar-refractivity contribution is -0.121. The standard InChI is InChI=1S/C9H12N4O5/c14-3(1-4-6(15)12-8(17)10-4)2-5-7(16)13-9(18)11-5/h3-5,14H,1-2H2,(H2,10,12,15,17)(H2,11,13,16,18). The maximum absolute atomic E-state index is 11.2. The van der Waals surface area contributed by atoms with Crippen LogP contribution < -0.4 is 21.3 Å². The van der Waals surface area contributed by atoms with Gasteiger partial charge in [0.15, 0.2) is 0 Å². The molecule has 2 aliphatic rings. The molecule has 0 bridgehead atoms. The lowest BCUT2D eigenvalue weighted by Crippen LogP contribution is -2.37. The summed E-state index contributed by atoms with van der Waals surface area (Å²) in [6.45, 7) is 0. The molecular weight excluding hydrogens is 244 g/mol. The van der Waals surface area contributed by atoms with Gasteiger partial charge in [0.25, 0.3) is 11.8 Å². The molecule has 2 rings (SSSR count). The van der Waals surface area contributed by atoms with Crippen LogP contribution in [0.15, 0.2) is 0 Å². The van der Waals surface area contributed by atoms with E-state index < -0.39 is 42.1 Å². The van der Waals surface area contributed by atoms with Crippen molar-refractivity contribution in [1.29, 1.82) is 0 Å². The quantitative estimate of drug-likeness (QED) is 0.355. The summed E-state index contributed by atoms with van der Waals surface area (Å²) in [5.74, 6) is -1.03. The SMILES string of the molecule is O=C1NC(=O)C(CC(O)CC2NC(=O)NC2=O)N1. The summed E-state index contributed by atoms with van der Waals surface area (Å²) in [6, 6.07) is -2.84. The second-order valence-electron chi connectivity index (χ2n) is 4.16. The van der Waals surface area contributed by atoms with E-state index in [2.05, 4.69) is 10.6 Å². The molecule has 2 aliphatic heterocycles. The molecule has 2 heterocycles. The molecular formula is C9H12N4O5. The minimum absolute atomic E-state index is 0.0166. The van der Waals surface area contributed by atoms with Crippen molar-refractivity contribution in [2.45, 2.75) is 31.0 Å². The molecule has 9 nitrogen and oxygen atoms in total. The van der Waals surface area contributed by atoms with Crippen LogP contribution in [0.5, 0.6) is 0 Å². The van der Waals surface area contributed by atoms with E-state index >= 15 is 0 Å². The summed E-state index contributed by atoms with van der Waals surface area (Å²) in [6.07, 6.45) is -1.03. The van der Waals surface area contributed by atoms with E-state index in [1.807, 2.05) is 10.6 Å². The minimum atomic E-state index is -0.992. The number of nitrogens with one attached hydrogen (secondary N) is 4. The largest absolute Gasteiger partial charge is 0.393 e. The van der Waals surface area contributed by atoms with Gasteiger partial charge in [-0.2, -0.15) is 0 Å². The molecule has 0 radical (unpaired) electrons. The van der Waals surface area contributed by atoms with E-state index in [1.165, 1.54) is 0 Å². The van der Waals surface area contributed by atoms with Crippen LogP contribution in [0.4, 0.5) is 9.59 Å². The van der Waals surface area contributed by atoms with Crippen molar-refractivity contribution < 1.29 is 24.3 Å². The highest BCUT2D eigenvalue weighted by atomic mass is 16.3. The summed E-state index contributed by atoms with van der Waals surface area (Å²) in [7, 11) is 0. The first kappa shape index (κ1) is 12.3. The van der Waals surface area contributed by atoms with Gasteiger partial charge >= 0.3 is 12.1 Å². The highest BCUT2D eigenvalue weighted by Crippen LogP contribution is 2.10. The number of hydrogen-bond acceptors (Lipinski definition) is 5. The highest BCUT2D eigenvalue weighted by Gasteiger charge is 2.35. The molecule has 0 saturated carbocycles. The van der Waals surface area contributed by atoms with Gasteiger partial charge in [0, 0.05) is 12.8 Å². The molecule has 5 N–H and O–H groups in total. The number of aliphatic hydroxyl groups is 1. The van der Waals surface area contributed by atoms with E-state index in [0.717, 1.165) is 0 Å². The smallest absolute Gasteiger partial charge is 0.322 e. The van der Waals surface area contributed by atoms with Crippen molar-refractivity contribution in [3.05, 3.63) is 0 Å². The zero-order chi connectivity index (χ0) is 13.3. The minimum Gasteiger partial charge on any atom is -0.393 e. The lowest BCUT2D eigenvalue weighted by Gasteiger charge is -2.16. The first-order chi connectivity index (χ1) is 8.45. The Morgan fingerprint density at radius 1 is 0.889 bits per heavy atom. The third kappa shape index (κ3) is 2.56. The predicted molar refractivity (Wildman–Crippen MR) is 56.2 cm³/mol. The number of imide groups is 2. The van der Waals surface area contributed by atoms with Gasteiger partial charge in [-0.15, -0.1) is 0 Å². The van der Waals surface area contributed by atoms with Gasteiger partial charge in [0.05, 0.1) is 6.10 Å². The lowest BCUT2D eigenvalue weighted by atomic mass is 10.0. The number of hydrogen-bond donors (Lipinski definition) is 5. The van der Waals surface area contributed by atoms with Crippen molar-refractivity contribution in [2.24, 2.45) is 0 Å². The third-order valence-electron chi connectivity index (χ3n) is 2.73. The second kappa shape index (κ2) is 4.61. The van der Waals surface area contributed by atoms with Crippen LogP contribution in [0.2, 0.25) is 0 Å². The van der Waals surface area contributed by atoms with Crippen molar-refractivity contribution in [2.75, 3.05) is 0 Å². The Bertz CT molecular complexity index is 385. The Morgan fingerprint density at radius 3 is 1.56 bits per heavy atom. The molecule has 2 unspecified atom stereocenters. The zero-order valence-corrected chi connectivity index (χ0v) is 9.23. The van der Waals surface area contributed by atoms with Gasteiger partial charge in [-0.3, -0.25) is 20.2 Å². The number of carbonyl (C=O) groups excluding carboxylic acids is 4. The average molecular weight is 256 g/mol. The zero-order valence-electron chi connectivity index (χ0n) is 9.23. The number of rotatable bonds is 4. The van der Waals surface area contributed by atoms with Gasteiger partial charge in [0.2, 0.25) is 0 Å². The molecule has 0 aromatic heterocycles. The Kier molecular flexibility index (Phi) is 3.15. The van der Waals surface area contributed by atoms with Gasteiger partial charge in [-0.05, 0) is 0 Å². The number of carbonyl (C=O) groups is 4. The van der Waals surface area contributed by atoms with Crippen LogP contribution in [0.3, 0.4) is 0 Å². The Morgan fingerprint density at radius 2 is 1.28 bits per heavy atom. The van der Waals surface area contributed by atoms with E-state index in [1.54, 1.807) is 0 Å². The molecule has 0 spiro atoms. The fourth-order valence-electron chi connectivity index (χ4n) is 1.89. The molecule has 2 fully saturated rings. The third-order valence-corrected chi connectivity index (χ3v) is 2.73. The van der Waals surface area contributed by atoms with Crippen LogP contribution in [-0.4, -0.2) is 47.2 Å². The Balaban J connectivity index is 1.84. The van der Waals surface area contributed by atoms with Crippen molar-refractivity contribution in [1.82, 2.24) is 21.3 Å². The van der Waals surface area contributed by atoms with Crippen molar-refractivity contribution >= 4 is 23.9 Å². The first-order valence-corrected chi connectivity index (χ1v) is 5.36. The summed E-state index contributed by atoms with van der Waals surface area (Å²) in [5, 5.41) is 18.4. The number of amides is 6. The molecule has 0 aliphatic carbocycles. The number of aliphatic hydroxyl groups excluding tert-OH is 1. The summed E-state index contributed by atoms with van der Waals surface area (Å²) in [4.78, 5) is 44.1. The molecule has 2 saturated heterocycles. The fourth-order valence-corrected chi connectivity index (χ4v) is 1.89. The van der Waals surface area contributed by atoms with Crippen LogP contribution in [0.25, 0.3) is 0 Å². The second-order valence-corrected chi connectivity index (χ2v) is 4.16. The van der Waals surface area contributed by atoms with E-state index in [0.29, 0.717) is 0 Å². The maximum atomic E-state index is 11.2. The van der Waals surface area contributed by atoms with Crippen LogP contribution in [0, 0.1) is 0 Å². The van der Waals surface area contributed by atoms with Crippen LogP contribution in [0.1, 0.15) is 12.8 Å². The van der Waals surface area contributed by atoms with Gasteiger partial charge in [-0.25, -0.2) is 9.59 Å². The van der Waals surface area contributed by atoms with Gasteiger partial charge in [-0.1, -0.05) is 0 Å². The van der Waals surface area contributed by atoms with E-state index in [9.17, 15) is 24.3 Å². The normalized spacial score (nSPS) is 28.5. The topological polar surface area (TPSA) is 137 Å². The molecule has 98 valence electrons. The van der Waals surface area contributed by atoms with E-state index in [-0.39, 0.29) is 12.8 Å². The highest BCUT2D eigenvalue weighted by molar-refractivity contribution is 6.04. The van der Waals surface area contributed by atoms with E-state index in [4.69, 9.17) is 0 Å². The molecule has 0 aromatic rings. The van der Waals surface area contributed by atoms with Crippen LogP contribution in [-0.2, 0) is 9.59 Å². The maximum Gasteiger partial charge on any atom is 0.322 e. The summed E-state index contributed by atoms with van der Waals surface area (Å²) >= 11 is 0. The molecule has 18 heavy (non-hydrogen) atoms. The number of urea groups is 2. The fraction of sp³-hybridized carbons (Fsp3) is 0.556. The van der Waals surface area contributed by atoms with Crippen molar-refractivity contribution in [3.63, 3.8) is 0 Å². The summed E-state index contributed by atoms with van der Waals surface area (Å²) < 4.78 is 0. The van der Waals surface area contributed by atoms with Gasteiger partial charge < -0.3 is 15.7 Å². The molecule has 9 heteroatoms. The first-order valence-electron chi connectivity index (χ1n) is 5.36. The Labute approximate surface area is 101 Å². The van der Waals surface area contributed by atoms with Crippen LogP contribution >= 0.6 is 0 Å². The molecule has 6 amide bonds. The van der Waals surface area contributed by atoms with Gasteiger partial charge in [0.1, 0.15) is 12.1 Å². The summed E-state index contributed by atoms with van der Waals surface area (Å²) in [5.41, 5.74) is 0. The monoisotopic (exact) mass is 256 g/mol.